The molecule has 1 atom stereocenters. The minimum Gasteiger partial charge on any atom is -0.462 e. The first-order valence-corrected chi connectivity index (χ1v) is 8.69. The van der Waals surface area contributed by atoms with Gasteiger partial charge in [-0.05, 0) is 30.0 Å². The fourth-order valence-corrected chi connectivity index (χ4v) is 3.63. The van der Waals surface area contributed by atoms with Crippen LogP contribution in [0.3, 0.4) is 0 Å². The molecule has 1 heterocycles. The van der Waals surface area contributed by atoms with E-state index in [1.807, 2.05) is 54.6 Å². The monoisotopic (exact) mass is 324 g/mol. The summed E-state index contributed by atoms with van der Waals surface area (Å²) in [6.07, 6.45) is 2.35. The van der Waals surface area contributed by atoms with Crippen LogP contribution < -0.4 is 0 Å². The van der Waals surface area contributed by atoms with Crippen molar-refractivity contribution in [2.24, 2.45) is 5.92 Å². The number of hydrogen-bond acceptors (Lipinski definition) is 2. The van der Waals surface area contributed by atoms with Crippen LogP contribution in [0, 0.1) is 5.92 Å². The lowest BCUT2D eigenvalue weighted by Crippen LogP contribution is -2.48. The number of ether oxygens (including phenoxy) is 1. The zero-order chi connectivity index (χ0) is 17.0. The zero-order valence-electron chi connectivity index (χ0n) is 14.6. The summed E-state index contributed by atoms with van der Waals surface area (Å²) in [6, 6.07) is 17.7. The normalized spacial score (nSPS) is 19.7. The molecule has 126 valence electrons. The molecule has 3 nitrogen and oxygen atoms in total. The largest absolute Gasteiger partial charge is 0.462 e. The fourth-order valence-electron chi connectivity index (χ4n) is 3.63. The smallest absolute Gasteiger partial charge is 0.338 e. The average Bonchev–Trinajstić information content (AvgIpc) is 2.60. The second kappa shape index (κ2) is 7.18. The van der Waals surface area contributed by atoms with E-state index in [1.54, 1.807) is 0 Å². The number of esters is 1. The van der Waals surface area contributed by atoms with Crippen LogP contribution in [0.1, 0.15) is 23.2 Å². The molecular formula is C21H26NO2+. The Hall–Kier alpha value is -2.13. The van der Waals surface area contributed by atoms with Crippen LogP contribution in [0.5, 0.6) is 0 Å². The quantitative estimate of drug-likeness (QED) is 0.628. The standard InChI is InChI=1S/C21H26NO2/c1-22(2)14-8-9-17(15-22)16-24-21(23)20-13-7-6-12-19(20)18-10-4-3-5-11-18/h3-7,10-13,17H,8-9,14-16H2,1-2H3/q+1. The van der Waals surface area contributed by atoms with Crippen LogP contribution in [0.4, 0.5) is 0 Å². The molecule has 1 aliphatic rings. The van der Waals surface area contributed by atoms with Gasteiger partial charge in [-0.1, -0.05) is 48.5 Å². The SMILES string of the molecule is C[N+]1(C)CCCC(COC(=O)c2ccccc2-c2ccccc2)C1. The van der Waals surface area contributed by atoms with E-state index in [2.05, 4.69) is 14.1 Å². The van der Waals surface area contributed by atoms with Gasteiger partial charge in [0.2, 0.25) is 0 Å². The Labute approximate surface area is 144 Å². The van der Waals surface area contributed by atoms with Gasteiger partial charge in [0, 0.05) is 5.92 Å². The summed E-state index contributed by atoms with van der Waals surface area (Å²) in [5.41, 5.74) is 2.62. The molecule has 0 radical (unpaired) electrons. The third-order valence-electron chi connectivity index (χ3n) is 4.81. The molecule has 0 amide bonds. The molecule has 0 aliphatic carbocycles. The first-order chi connectivity index (χ1) is 11.6. The molecule has 2 aromatic carbocycles. The summed E-state index contributed by atoms with van der Waals surface area (Å²) < 4.78 is 6.69. The first-order valence-electron chi connectivity index (χ1n) is 8.69. The van der Waals surface area contributed by atoms with Crippen LogP contribution in [-0.2, 0) is 4.74 Å². The highest BCUT2D eigenvalue weighted by Crippen LogP contribution is 2.25. The van der Waals surface area contributed by atoms with Crippen LogP contribution in [-0.4, -0.2) is 44.2 Å². The number of piperidine rings is 1. The molecule has 1 saturated heterocycles. The maximum atomic E-state index is 12.6. The van der Waals surface area contributed by atoms with Gasteiger partial charge in [0.1, 0.15) is 0 Å². The minimum atomic E-state index is -0.217. The average molecular weight is 324 g/mol. The summed E-state index contributed by atoms with van der Waals surface area (Å²) >= 11 is 0. The number of carbonyl (C=O) groups excluding carboxylic acids is 1. The molecule has 3 rings (SSSR count). The van der Waals surface area contributed by atoms with Crippen molar-refractivity contribution in [3.8, 4) is 11.1 Å². The molecular weight excluding hydrogens is 298 g/mol. The maximum absolute atomic E-state index is 12.6. The van der Waals surface area contributed by atoms with Gasteiger partial charge in [0.25, 0.3) is 0 Å². The highest BCUT2D eigenvalue weighted by molar-refractivity contribution is 5.97. The summed E-state index contributed by atoms with van der Waals surface area (Å²) in [5, 5.41) is 0. The number of likely N-dealkylation sites (tertiary alicyclic amines) is 1. The Balaban J connectivity index is 1.70. The molecule has 0 aromatic heterocycles. The van der Waals surface area contributed by atoms with E-state index in [4.69, 9.17) is 4.74 Å². The van der Waals surface area contributed by atoms with Crippen molar-refractivity contribution in [1.82, 2.24) is 0 Å². The lowest BCUT2D eigenvalue weighted by atomic mass is 9.97. The van der Waals surface area contributed by atoms with Crippen LogP contribution in [0.15, 0.2) is 54.6 Å². The molecule has 1 fully saturated rings. The van der Waals surface area contributed by atoms with E-state index < -0.39 is 0 Å². The van der Waals surface area contributed by atoms with E-state index in [-0.39, 0.29) is 5.97 Å². The first kappa shape index (κ1) is 16.7. The van der Waals surface area contributed by atoms with Crippen molar-refractivity contribution in [2.45, 2.75) is 12.8 Å². The number of quaternary nitrogens is 1. The lowest BCUT2D eigenvalue weighted by molar-refractivity contribution is -0.898. The molecule has 3 heteroatoms. The Morgan fingerprint density at radius 2 is 1.79 bits per heavy atom. The van der Waals surface area contributed by atoms with Crippen molar-refractivity contribution in [2.75, 3.05) is 33.8 Å². The van der Waals surface area contributed by atoms with E-state index in [1.165, 1.54) is 13.0 Å². The van der Waals surface area contributed by atoms with Crippen molar-refractivity contribution >= 4 is 5.97 Å². The number of benzene rings is 2. The van der Waals surface area contributed by atoms with Crippen molar-refractivity contribution in [3.63, 3.8) is 0 Å². The molecule has 2 aromatic rings. The third kappa shape index (κ3) is 4.04. The predicted molar refractivity (Wildman–Crippen MR) is 96.7 cm³/mol. The fraction of sp³-hybridized carbons (Fsp3) is 0.381. The molecule has 1 aliphatic heterocycles. The maximum Gasteiger partial charge on any atom is 0.338 e. The number of nitrogens with zero attached hydrogens (tertiary/aromatic N) is 1. The third-order valence-corrected chi connectivity index (χ3v) is 4.81. The van der Waals surface area contributed by atoms with E-state index in [0.29, 0.717) is 18.1 Å². The lowest BCUT2D eigenvalue weighted by Gasteiger charge is -2.37. The Morgan fingerprint density at radius 3 is 2.54 bits per heavy atom. The summed E-state index contributed by atoms with van der Waals surface area (Å²) in [4.78, 5) is 12.6. The Morgan fingerprint density at radius 1 is 1.08 bits per heavy atom. The summed E-state index contributed by atoms with van der Waals surface area (Å²) in [7, 11) is 4.50. The van der Waals surface area contributed by atoms with Gasteiger partial charge in [-0.25, -0.2) is 4.79 Å². The number of carbonyl (C=O) groups is 1. The van der Waals surface area contributed by atoms with E-state index in [9.17, 15) is 4.79 Å². The molecule has 24 heavy (non-hydrogen) atoms. The van der Waals surface area contributed by atoms with Gasteiger partial charge in [-0.2, -0.15) is 0 Å². The van der Waals surface area contributed by atoms with Gasteiger partial charge in [0.15, 0.2) is 0 Å². The highest BCUT2D eigenvalue weighted by Gasteiger charge is 2.28. The highest BCUT2D eigenvalue weighted by atomic mass is 16.5. The molecule has 1 unspecified atom stereocenters. The molecule has 0 N–H and O–H groups in total. The minimum absolute atomic E-state index is 0.217. The molecule has 0 bridgehead atoms. The van der Waals surface area contributed by atoms with Gasteiger partial charge in [-0.15, -0.1) is 0 Å². The number of hydrogen-bond donors (Lipinski definition) is 0. The second-order valence-electron chi connectivity index (χ2n) is 7.36. The topological polar surface area (TPSA) is 26.3 Å². The van der Waals surface area contributed by atoms with E-state index >= 15 is 0 Å². The van der Waals surface area contributed by atoms with Gasteiger partial charge < -0.3 is 9.22 Å². The Kier molecular flexibility index (Phi) is 5.00. The van der Waals surface area contributed by atoms with E-state index in [0.717, 1.165) is 28.6 Å². The number of rotatable bonds is 4. The molecule has 0 spiro atoms. The van der Waals surface area contributed by atoms with Crippen LogP contribution in [0.2, 0.25) is 0 Å². The Bertz CT molecular complexity index is 694. The van der Waals surface area contributed by atoms with Crippen molar-refractivity contribution in [3.05, 3.63) is 60.2 Å². The van der Waals surface area contributed by atoms with Gasteiger partial charge >= 0.3 is 5.97 Å². The molecule has 0 saturated carbocycles. The zero-order valence-corrected chi connectivity index (χ0v) is 14.6. The van der Waals surface area contributed by atoms with Crippen LogP contribution in [0.25, 0.3) is 11.1 Å². The van der Waals surface area contributed by atoms with Crippen molar-refractivity contribution in [1.29, 1.82) is 0 Å². The predicted octanol–water partition coefficient (Wildman–Crippen LogP) is 4.00. The summed E-state index contributed by atoms with van der Waals surface area (Å²) in [6.45, 7) is 2.80. The van der Waals surface area contributed by atoms with Gasteiger partial charge in [-0.3, -0.25) is 0 Å². The second-order valence-corrected chi connectivity index (χ2v) is 7.36. The van der Waals surface area contributed by atoms with Gasteiger partial charge in [0.05, 0.1) is 39.4 Å². The summed E-state index contributed by atoms with van der Waals surface area (Å²) in [5.74, 6) is 0.243. The van der Waals surface area contributed by atoms with Crippen molar-refractivity contribution < 1.29 is 14.0 Å². The van der Waals surface area contributed by atoms with Crippen LogP contribution >= 0.6 is 0 Å².